The summed E-state index contributed by atoms with van der Waals surface area (Å²) >= 11 is 0. The van der Waals surface area contributed by atoms with E-state index in [0.29, 0.717) is 11.6 Å². The van der Waals surface area contributed by atoms with Crippen LogP contribution >= 0.6 is 0 Å². The van der Waals surface area contributed by atoms with Gasteiger partial charge in [-0.25, -0.2) is 0 Å². The fraction of sp³-hybridized carbons (Fsp3) is 1.00. The van der Waals surface area contributed by atoms with E-state index in [2.05, 4.69) is 37.6 Å². The molecule has 1 atom stereocenters. The van der Waals surface area contributed by atoms with Crippen molar-refractivity contribution in [2.75, 3.05) is 33.2 Å². The maximum atomic E-state index is 5.80. The Morgan fingerprint density at radius 1 is 1.43 bits per heavy atom. The summed E-state index contributed by atoms with van der Waals surface area (Å²) in [5.74, 6) is 0. The monoisotopic (exact) mass is 199 g/mol. The minimum atomic E-state index is 0.326. The van der Waals surface area contributed by atoms with E-state index < -0.39 is 0 Å². The molecule has 0 bridgehead atoms. The molecule has 0 aromatic rings. The second-order valence-corrected chi connectivity index (χ2v) is 4.97. The van der Waals surface area contributed by atoms with Gasteiger partial charge in [0.2, 0.25) is 0 Å². The maximum absolute atomic E-state index is 5.80. The number of nitrogens with zero attached hydrogens (tertiary/aromatic N) is 2. The largest absolute Gasteiger partial charge is 0.329 e. The lowest BCUT2D eigenvalue weighted by atomic mass is 9.98. The molecule has 0 aromatic heterocycles. The van der Waals surface area contributed by atoms with E-state index in [9.17, 15) is 0 Å². The predicted octanol–water partition coefficient (Wildman–Crippen LogP) is 0.750. The first-order valence-electron chi connectivity index (χ1n) is 5.66. The van der Waals surface area contributed by atoms with Gasteiger partial charge >= 0.3 is 0 Å². The molecular weight excluding hydrogens is 174 g/mol. The van der Waals surface area contributed by atoms with Crippen LogP contribution in [0.25, 0.3) is 0 Å². The van der Waals surface area contributed by atoms with Gasteiger partial charge in [-0.15, -0.1) is 0 Å². The Morgan fingerprint density at radius 3 is 2.57 bits per heavy atom. The lowest BCUT2D eigenvalue weighted by molar-refractivity contribution is 0.123. The number of hydrogen-bond donors (Lipinski definition) is 1. The highest BCUT2D eigenvalue weighted by Gasteiger charge is 2.32. The molecule has 84 valence electrons. The Balaban J connectivity index is 2.73. The summed E-state index contributed by atoms with van der Waals surface area (Å²) in [7, 11) is 2.19. The SMILES string of the molecule is CCN1CC(CN)N(C)CCC1(C)C. The molecule has 1 heterocycles. The third kappa shape index (κ3) is 2.47. The molecule has 0 amide bonds. The van der Waals surface area contributed by atoms with Crippen molar-refractivity contribution in [3.63, 3.8) is 0 Å². The molecule has 0 saturated carbocycles. The predicted molar refractivity (Wildman–Crippen MR) is 61.4 cm³/mol. The molecule has 1 fully saturated rings. The van der Waals surface area contributed by atoms with Gasteiger partial charge in [0.05, 0.1) is 0 Å². The van der Waals surface area contributed by atoms with E-state index in [-0.39, 0.29) is 0 Å². The van der Waals surface area contributed by atoms with Crippen molar-refractivity contribution in [3.05, 3.63) is 0 Å². The van der Waals surface area contributed by atoms with Gasteiger partial charge < -0.3 is 10.6 Å². The molecule has 3 heteroatoms. The zero-order valence-electron chi connectivity index (χ0n) is 10.1. The molecule has 0 spiro atoms. The smallest absolute Gasteiger partial charge is 0.0342 e. The summed E-state index contributed by atoms with van der Waals surface area (Å²) in [6.45, 7) is 11.1. The third-order valence-corrected chi connectivity index (χ3v) is 3.64. The highest BCUT2D eigenvalue weighted by molar-refractivity contribution is 4.89. The van der Waals surface area contributed by atoms with E-state index in [4.69, 9.17) is 5.73 Å². The van der Waals surface area contributed by atoms with E-state index in [1.165, 1.54) is 6.42 Å². The fourth-order valence-electron chi connectivity index (χ4n) is 2.24. The van der Waals surface area contributed by atoms with Crippen LogP contribution in [0, 0.1) is 0 Å². The number of rotatable bonds is 2. The summed E-state index contributed by atoms with van der Waals surface area (Å²) in [5, 5.41) is 0. The normalized spacial score (nSPS) is 30.2. The van der Waals surface area contributed by atoms with Gasteiger partial charge in [0.15, 0.2) is 0 Å². The van der Waals surface area contributed by atoms with Gasteiger partial charge in [-0.1, -0.05) is 6.92 Å². The van der Waals surface area contributed by atoms with E-state index in [0.717, 1.165) is 26.2 Å². The minimum Gasteiger partial charge on any atom is -0.329 e. The summed E-state index contributed by atoms with van der Waals surface area (Å²) < 4.78 is 0. The molecule has 1 aliphatic rings. The molecular formula is C11H25N3. The van der Waals surface area contributed by atoms with Gasteiger partial charge in [-0.3, -0.25) is 4.90 Å². The number of nitrogens with two attached hydrogens (primary N) is 1. The van der Waals surface area contributed by atoms with Crippen LogP contribution in [0.4, 0.5) is 0 Å². The molecule has 0 aromatic carbocycles. The van der Waals surface area contributed by atoms with Crippen LogP contribution in [0.5, 0.6) is 0 Å². The number of hydrogen-bond acceptors (Lipinski definition) is 3. The molecule has 1 rings (SSSR count). The van der Waals surface area contributed by atoms with Crippen LogP contribution in [0.15, 0.2) is 0 Å². The van der Waals surface area contributed by atoms with Gasteiger partial charge in [0.1, 0.15) is 0 Å². The lowest BCUT2D eigenvalue weighted by Gasteiger charge is -2.37. The van der Waals surface area contributed by atoms with Crippen LogP contribution in [0.1, 0.15) is 27.2 Å². The van der Waals surface area contributed by atoms with Crippen molar-refractivity contribution in [1.82, 2.24) is 9.80 Å². The molecule has 0 aliphatic carbocycles. The summed E-state index contributed by atoms with van der Waals surface area (Å²) in [6, 6.07) is 0.525. The summed E-state index contributed by atoms with van der Waals surface area (Å²) in [5.41, 5.74) is 6.13. The highest BCUT2D eigenvalue weighted by Crippen LogP contribution is 2.23. The topological polar surface area (TPSA) is 32.5 Å². The molecule has 14 heavy (non-hydrogen) atoms. The molecule has 1 saturated heterocycles. The van der Waals surface area contributed by atoms with Crippen molar-refractivity contribution >= 4 is 0 Å². The van der Waals surface area contributed by atoms with E-state index >= 15 is 0 Å². The lowest BCUT2D eigenvalue weighted by Crippen LogP contribution is -2.48. The molecule has 2 N–H and O–H groups in total. The standard InChI is InChI=1S/C11H25N3/c1-5-14-9-10(8-12)13(4)7-6-11(14,2)3/h10H,5-9,12H2,1-4H3. The number of likely N-dealkylation sites (N-methyl/N-ethyl adjacent to an activating group) is 2. The zero-order valence-corrected chi connectivity index (χ0v) is 10.1. The van der Waals surface area contributed by atoms with E-state index in [1.54, 1.807) is 0 Å². The minimum absolute atomic E-state index is 0.326. The fourth-order valence-corrected chi connectivity index (χ4v) is 2.24. The zero-order chi connectivity index (χ0) is 10.8. The Kier molecular flexibility index (Phi) is 3.93. The van der Waals surface area contributed by atoms with Crippen LogP contribution in [0.2, 0.25) is 0 Å². The summed E-state index contributed by atoms with van der Waals surface area (Å²) in [6.07, 6.45) is 1.23. The average molecular weight is 199 g/mol. The Labute approximate surface area is 88.2 Å². The second kappa shape index (κ2) is 4.60. The quantitative estimate of drug-likeness (QED) is 0.712. The van der Waals surface area contributed by atoms with Crippen molar-refractivity contribution in [2.24, 2.45) is 5.73 Å². The van der Waals surface area contributed by atoms with Crippen LogP contribution in [0.3, 0.4) is 0 Å². The molecule has 3 nitrogen and oxygen atoms in total. The van der Waals surface area contributed by atoms with Crippen LogP contribution < -0.4 is 5.73 Å². The van der Waals surface area contributed by atoms with Crippen LogP contribution in [-0.4, -0.2) is 54.6 Å². The van der Waals surface area contributed by atoms with Crippen molar-refractivity contribution in [2.45, 2.75) is 38.8 Å². The van der Waals surface area contributed by atoms with Gasteiger partial charge in [-0.05, 0) is 40.4 Å². The van der Waals surface area contributed by atoms with Crippen molar-refractivity contribution in [3.8, 4) is 0 Å². The molecule has 1 aliphatic heterocycles. The summed E-state index contributed by atoms with van der Waals surface area (Å²) in [4.78, 5) is 4.95. The molecule has 1 unspecified atom stereocenters. The van der Waals surface area contributed by atoms with Gasteiger partial charge in [0.25, 0.3) is 0 Å². The molecule has 0 radical (unpaired) electrons. The van der Waals surface area contributed by atoms with Gasteiger partial charge in [0, 0.05) is 24.7 Å². The average Bonchev–Trinajstić information content (AvgIpc) is 2.25. The van der Waals surface area contributed by atoms with E-state index in [1.807, 2.05) is 0 Å². The highest BCUT2D eigenvalue weighted by atomic mass is 15.3. The van der Waals surface area contributed by atoms with Crippen molar-refractivity contribution < 1.29 is 0 Å². The van der Waals surface area contributed by atoms with Crippen LogP contribution in [-0.2, 0) is 0 Å². The Bertz CT molecular complexity index is 179. The first kappa shape index (κ1) is 12.0. The van der Waals surface area contributed by atoms with Crippen molar-refractivity contribution in [1.29, 1.82) is 0 Å². The first-order valence-corrected chi connectivity index (χ1v) is 5.66. The van der Waals surface area contributed by atoms with Gasteiger partial charge in [-0.2, -0.15) is 0 Å². The second-order valence-electron chi connectivity index (χ2n) is 4.97. The third-order valence-electron chi connectivity index (χ3n) is 3.64. The Hall–Kier alpha value is -0.120. The maximum Gasteiger partial charge on any atom is 0.0342 e. The first-order chi connectivity index (χ1) is 6.51. The Morgan fingerprint density at radius 2 is 2.07 bits per heavy atom.